The van der Waals surface area contributed by atoms with Gasteiger partial charge in [-0.1, -0.05) is 31.2 Å². The number of halogens is 1. The van der Waals surface area contributed by atoms with Gasteiger partial charge in [0.2, 0.25) is 0 Å². The van der Waals surface area contributed by atoms with E-state index in [9.17, 15) is 0 Å². The molecule has 1 aromatic carbocycles. The monoisotopic (exact) mass is 227 g/mol. The molecule has 0 radical (unpaired) electrons. The summed E-state index contributed by atoms with van der Waals surface area (Å²) in [5.74, 6) is 0. The Morgan fingerprint density at radius 2 is 2.07 bits per heavy atom. The van der Waals surface area contributed by atoms with E-state index in [4.69, 9.17) is 4.74 Å². The van der Waals surface area contributed by atoms with Crippen LogP contribution in [-0.4, -0.2) is 19.8 Å². The summed E-state index contributed by atoms with van der Waals surface area (Å²) in [5.41, 5.74) is 2.73. The Balaban J connectivity index is 0.00000112. The van der Waals surface area contributed by atoms with Crippen LogP contribution >= 0.6 is 12.4 Å². The van der Waals surface area contributed by atoms with Gasteiger partial charge in [-0.3, -0.25) is 0 Å². The number of hydrogen-bond acceptors (Lipinski definition) is 2. The minimum absolute atomic E-state index is 0. The summed E-state index contributed by atoms with van der Waals surface area (Å²) in [5, 5.41) is 3.45. The zero-order chi connectivity index (χ0) is 9.80. The van der Waals surface area contributed by atoms with E-state index in [1.807, 2.05) is 0 Å². The minimum atomic E-state index is 0. The lowest BCUT2D eigenvalue weighted by Gasteiger charge is -2.24. The molecule has 0 spiro atoms. The second-order valence-electron chi connectivity index (χ2n) is 3.68. The molecule has 1 aliphatic rings. The zero-order valence-electron chi connectivity index (χ0n) is 9.03. The molecule has 2 nitrogen and oxygen atoms in total. The van der Waals surface area contributed by atoms with E-state index in [1.54, 1.807) is 0 Å². The van der Waals surface area contributed by atoms with Crippen molar-refractivity contribution in [2.75, 3.05) is 19.8 Å². The molecule has 1 aliphatic heterocycles. The number of hydrogen-bond donors (Lipinski definition) is 1. The van der Waals surface area contributed by atoms with Gasteiger partial charge in [-0.15, -0.1) is 12.4 Å². The van der Waals surface area contributed by atoms with Gasteiger partial charge in [0.25, 0.3) is 0 Å². The zero-order valence-corrected chi connectivity index (χ0v) is 9.85. The van der Waals surface area contributed by atoms with Crippen LogP contribution < -0.4 is 5.32 Å². The average molecular weight is 228 g/mol. The van der Waals surface area contributed by atoms with Crippen LogP contribution in [0.5, 0.6) is 0 Å². The summed E-state index contributed by atoms with van der Waals surface area (Å²) in [6.45, 7) is 4.77. The number of benzene rings is 1. The highest BCUT2D eigenvalue weighted by Gasteiger charge is 2.14. The number of aryl methyl sites for hydroxylation is 1. The second kappa shape index (κ2) is 6.11. The smallest absolute Gasteiger partial charge is 0.0662 e. The predicted octanol–water partition coefficient (Wildman–Crippen LogP) is 2.33. The Bertz CT molecular complexity index is 280. The highest BCUT2D eigenvalue weighted by atomic mass is 35.5. The third-order valence-corrected chi connectivity index (χ3v) is 2.71. The Hall–Kier alpha value is -0.570. The van der Waals surface area contributed by atoms with Crippen molar-refractivity contribution in [2.45, 2.75) is 19.4 Å². The first-order valence-electron chi connectivity index (χ1n) is 5.30. The van der Waals surface area contributed by atoms with Crippen molar-refractivity contribution in [3.8, 4) is 0 Å². The van der Waals surface area contributed by atoms with E-state index in [1.165, 1.54) is 11.1 Å². The van der Waals surface area contributed by atoms with Crippen LogP contribution in [0.4, 0.5) is 0 Å². The highest BCUT2D eigenvalue weighted by molar-refractivity contribution is 5.85. The molecule has 1 fully saturated rings. The summed E-state index contributed by atoms with van der Waals surface area (Å²) >= 11 is 0. The predicted molar refractivity (Wildman–Crippen MR) is 64.6 cm³/mol. The third kappa shape index (κ3) is 3.20. The first-order valence-corrected chi connectivity index (χ1v) is 5.30. The van der Waals surface area contributed by atoms with Crippen molar-refractivity contribution in [2.24, 2.45) is 0 Å². The molecule has 15 heavy (non-hydrogen) atoms. The van der Waals surface area contributed by atoms with Crippen LogP contribution in [0.15, 0.2) is 24.3 Å². The average Bonchev–Trinajstić information content (AvgIpc) is 2.30. The maximum atomic E-state index is 5.43. The van der Waals surface area contributed by atoms with Gasteiger partial charge in [0.15, 0.2) is 0 Å². The van der Waals surface area contributed by atoms with Gasteiger partial charge >= 0.3 is 0 Å². The van der Waals surface area contributed by atoms with Gasteiger partial charge in [-0.2, -0.15) is 0 Å². The lowest BCUT2D eigenvalue weighted by Crippen LogP contribution is -2.34. The van der Waals surface area contributed by atoms with Crippen LogP contribution in [0.1, 0.15) is 24.1 Å². The molecule has 84 valence electrons. The number of rotatable bonds is 2. The Morgan fingerprint density at radius 3 is 2.60 bits per heavy atom. The lowest BCUT2D eigenvalue weighted by atomic mass is 10.0. The standard InChI is InChI=1S/C12H17NO.ClH/c1-2-10-3-5-11(6-4-10)12-9-14-8-7-13-12;/h3-6,12-13H,2,7-9H2,1H3;1H/t12-;/m1./s1. The molecule has 0 amide bonds. The molecule has 1 aromatic rings. The molecule has 0 aromatic heterocycles. The van der Waals surface area contributed by atoms with E-state index in [2.05, 4.69) is 36.5 Å². The highest BCUT2D eigenvalue weighted by Crippen LogP contribution is 2.16. The molecule has 1 saturated heterocycles. The molecular weight excluding hydrogens is 210 g/mol. The largest absolute Gasteiger partial charge is 0.378 e. The number of nitrogens with one attached hydrogen (secondary N) is 1. The fourth-order valence-corrected chi connectivity index (χ4v) is 1.77. The number of morpholine rings is 1. The van der Waals surface area contributed by atoms with Gasteiger partial charge in [0, 0.05) is 6.54 Å². The van der Waals surface area contributed by atoms with E-state index < -0.39 is 0 Å². The minimum Gasteiger partial charge on any atom is -0.378 e. The van der Waals surface area contributed by atoms with Crippen molar-refractivity contribution in [1.82, 2.24) is 5.32 Å². The normalized spacial score (nSPS) is 20.7. The first-order chi connectivity index (χ1) is 6.90. The summed E-state index contributed by atoms with van der Waals surface area (Å²) in [4.78, 5) is 0. The maximum absolute atomic E-state index is 5.43. The molecular formula is C12H18ClNO. The van der Waals surface area contributed by atoms with Crippen LogP contribution in [0.2, 0.25) is 0 Å². The summed E-state index contributed by atoms with van der Waals surface area (Å²) in [7, 11) is 0. The maximum Gasteiger partial charge on any atom is 0.0662 e. The van der Waals surface area contributed by atoms with Crippen LogP contribution in [0, 0.1) is 0 Å². The van der Waals surface area contributed by atoms with Crippen LogP contribution in [0.3, 0.4) is 0 Å². The molecule has 0 saturated carbocycles. The van der Waals surface area contributed by atoms with E-state index in [-0.39, 0.29) is 12.4 Å². The van der Waals surface area contributed by atoms with Crippen LogP contribution in [0.25, 0.3) is 0 Å². The molecule has 0 bridgehead atoms. The quantitative estimate of drug-likeness (QED) is 0.838. The van der Waals surface area contributed by atoms with Gasteiger partial charge in [0.05, 0.1) is 19.3 Å². The van der Waals surface area contributed by atoms with E-state index >= 15 is 0 Å². The topological polar surface area (TPSA) is 21.3 Å². The SMILES string of the molecule is CCc1ccc([C@H]2COCCN2)cc1.Cl. The van der Waals surface area contributed by atoms with Crippen molar-refractivity contribution in [1.29, 1.82) is 0 Å². The Kier molecular flexibility index (Phi) is 5.09. The van der Waals surface area contributed by atoms with Gasteiger partial charge < -0.3 is 10.1 Å². The van der Waals surface area contributed by atoms with E-state index in [0.717, 1.165) is 26.2 Å². The molecule has 0 unspecified atom stereocenters. The van der Waals surface area contributed by atoms with Crippen LogP contribution in [-0.2, 0) is 11.2 Å². The fourth-order valence-electron chi connectivity index (χ4n) is 1.77. The van der Waals surface area contributed by atoms with Crippen molar-refractivity contribution in [3.05, 3.63) is 35.4 Å². The molecule has 0 aliphatic carbocycles. The Labute approximate surface area is 97.4 Å². The number of ether oxygens (including phenoxy) is 1. The van der Waals surface area contributed by atoms with Gasteiger partial charge in [-0.05, 0) is 17.5 Å². The molecule has 1 N–H and O–H groups in total. The second-order valence-corrected chi connectivity index (χ2v) is 3.68. The molecule has 2 rings (SSSR count). The van der Waals surface area contributed by atoms with E-state index in [0.29, 0.717) is 6.04 Å². The van der Waals surface area contributed by atoms with Gasteiger partial charge in [-0.25, -0.2) is 0 Å². The molecule has 1 heterocycles. The summed E-state index contributed by atoms with van der Waals surface area (Å²) in [6, 6.07) is 9.18. The van der Waals surface area contributed by atoms with Crippen molar-refractivity contribution < 1.29 is 4.74 Å². The first kappa shape index (κ1) is 12.5. The molecule has 1 atom stereocenters. The summed E-state index contributed by atoms with van der Waals surface area (Å²) < 4.78 is 5.43. The van der Waals surface area contributed by atoms with Crippen molar-refractivity contribution >= 4 is 12.4 Å². The fraction of sp³-hybridized carbons (Fsp3) is 0.500. The summed E-state index contributed by atoms with van der Waals surface area (Å²) in [6.07, 6.45) is 1.11. The molecule has 3 heteroatoms. The van der Waals surface area contributed by atoms with Crippen molar-refractivity contribution in [3.63, 3.8) is 0 Å². The third-order valence-electron chi connectivity index (χ3n) is 2.71. The Morgan fingerprint density at radius 1 is 1.33 bits per heavy atom. The lowest BCUT2D eigenvalue weighted by molar-refractivity contribution is 0.0769. The van der Waals surface area contributed by atoms with Gasteiger partial charge in [0.1, 0.15) is 0 Å².